The fourth-order valence-corrected chi connectivity index (χ4v) is 1.28. The minimum absolute atomic E-state index is 0.337. The largest absolute Gasteiger partial charge is 0.416 e. The van der Waals surface area contributed by atoms with Crippen molar-refractivity contribution in [1.82, 2.24) is 0 Å². The summed E-state index contributed by atoms with van der Waals surface area (Å²) in [6.07, 6.45) is -4.67. The van der Waals surface area contributed by atoms with E-state index in [0.717, 1.165) is 12.1 Å². The van der Waals surface area contributed by atoms with Crippen LogP contribution in [-0.2, 0) is 11.8 Å². The van der Waals surface area contributed by atoms with Gasteiger partial charge in [0.2, 0.25) is 0 Å². The molecular formula is C10H10F4O. The second-order valence-corrected chi connectivity index (χ2v) is 3.75. The molecule has 0 unspecified atom stereocenters. The van der Waals surface area contributed by atoms with Crippen LogP contribution in [0, 0.1) is 5.82 Å². The monoisotopic (exact) mass is 222 g/mol. The minimum atomic E-state index is -4.67. The third-order valence-electron chi connectivity index (χ3n) is 1.95. The van der Waals surface area contributed by atoms with Gasteiger partial charge in [0.15, 0.2) is 0 Å². The van der Waals surface area contributed by atoms with Crippen LogP contribution < -0.4 is 0 Å². The van der Waals surface area contributed by atoms with E-state index in [0.29, 0.717) is 6.07 Å². The van der Waals surface area contributed by atoms with Crippen molar-refractivity contribution in [3.05, 3.63) is 35.1 Å². The fourth-order valence-electron chi connectivity index (χ4n) is 1.28. The predicted octanol–water partition coefficient (Wildman–Crippen LogP) is 3.07. The SMILES string of the molecule is CC(C)(O)c1ccc(F)cc1C(F)(F)F. The van der Waals surface area contributed by atoms with E-state index in [4.69, 9.17) is 0 Å². The number of aliphatic hydroxyl groups is 1. The first-order valence-electron chi connectivity index (χ1n) is 4.22. The van der Waals surface area contributed by atoms with Crippen LogP contribution in [0.25, 0.3) is 0 Å². The number of hydrogen-bond donors (Lipinski definition) is 1. The molecule has 84 valence electrons. The lowest BCUT2D eigenvalue weighted by Crippen LogP contribution is -2.22. The van der Waals surface area contributed by atoms with Crippen molar-refractivity contribution in [3.8, 4) is 0 Å². The second-order valence-electron chi connectivity index (χ2n) is 3.75. The molecule has 0 atom stereocenters. The van der Waals surface area contributed by atoms with Gasteiger partial charge in [-0.3, -0.25) is 0 Å². The molecule has 0 aromatic heterocycles. The Kier molecular flexibility index (Phi) is 2.78. The predicted molar refractivity (Wildman–Crippen MR) is 46.6 cm³/mol. The summed E-state index contributed by atoms with van der Waals surface area (Å²) in [4.78, 5) is 0. The molecule has 5 heteroatoms. The minimum Gasteiger partial charge on any atom is -0.386 e. The quantitative estimate of drug-likeness (QED) is 0.724. The first kappa shape index (κ1) is 12.0. The highest BCUT2D eigenvalue weighted by Gasteiger charge is 2.37. The molecule has 0 spiro atoms. The number of hydrogen-bond acceptors (Lipinski definition) is 1. The van der Waals surface area contributed by atoms with Gasteiger partial charge >= 0.3 is 6.18 Å². The summed E-state index contributed by atoms with van der Waals surface area (Å²) in [6, 6.07) is 2.22. The van der Waals surface area contributed by atoms with Crippen molar-refractivity contribution in [2.45, 2.75) is 25.6 Å². The molecule has 0 aliphatic carbocycles. The van der Waals surface area contributed by atoms with E-state index < -0.39 is 23.2 Å². The van der Waals surface area contributed by atoms with E-state index in [9.17, 15) is 22.7 Å². The molecule has 0 fully saturated rings. The molecule has 1 N–H and O–H groups in total. The van der Waals surface area contributed by atoms with Crippen LogP contribution in [0.5, 0.6) is 0 Å². The van der Waals surface area contributed by atoms with Crippen LogP contribution >= 0.6 is 0 Å². The summed E-state index contributed by atoms with van der Waals surface area (Å²) in [7, 11) is 0. The number of alkyl halides is 3. The molecule has 0 saturated carbocycles. The Labute approximate surface area is 84.3 Å². The van der Waals surface area contributed by atoms with Gasteiger partial charge in [-0.05, 0) is 31.5 Å². The van der Waals surface area contributed by atoms with Gasteiger partial charge < -0.3 is 5.11 Å². The van der Waals surface area contributed by atoms with Gasteiger partial charge in [-0.1, -0.05) is 6.07 Å². The molecule has 0 saturated heterocycles. The average Bonchev–Trinajstić information content (AvgIpc) is 2.00. The van der Waals surface area contributed by atoms with E-state index in [-0.39, 0.29) is 5.56 Å². The standard InChI is InChI=1S/C10H10F4O/c1-9(2,15)7-4-3-6(11)5-8(7)10(12,13)14/h3-5,15H,1-2H3. The van der Waals surface area contributed by atoms with E-state index in [1.807, 2.05) is 0 Å². The van der Waals surface area contributed by atoms with Crippen molar-refractivity contribution in [2.24, 2.45) is 0 Å². The summed E-state index contributed by atoms with van der Waals surface area (Å²) in [6.45, 7) is 2.44. The molecular weight excluding hydrogens is 212 g/mol. The lowest BCUT2D eigenvalue weighted by Gasteiger charge is -2.22. The van der Waals surface area contributed by atoms with Gasteiger partial charge in [-0.2, -0.15) is 13.2 Å². The first-order valence-corrected chi connectivity index (χ1v) is 4.22. The highest BCUT2D eigenvalue weighted by atomic mass is 19.4. The zero-order valence-electron chi connectivity index (χ0n) is 8.19. The molecule has 0 aliphatic heterocycles. The molecule has 0 aliphatic rings. The van der Waals surface area contributed by atoms with E-state index in [1.54, 1.807) is 0 Å². The third kappa shape index (κ3) is 2.68. The zero-order valence-corrected chi connectivity index (χ0v) is 8.19. The first-order chi connectivity index (χ1) is 6.62. The maximum atomic E-state index is 12.7. The summed E-state index contributed by atoms with van der Waals surface area (Å²) in [5.41, 5.74) is -3.13. The Morgan fingerprint density at radius 1 is 1.07 bits per heavy atom. The van der Waals surface area contributed by atoms with Crippen molar-refractivity contribution < 1.29 is 22.7 Å². The normalized spacial score (nSPS) is 13.0. The highest BCUT2D eigenvalue weighted by molar-refractivity contribution is 5.34. The lowest BCUT2D eigenvalue weighted by molar-refractivity contribution is -0.140. The summed E-state index contributed by atoms with van der Waals surface area (Å²) >= 11 is 0. The van der Waals surface area contributed by atoms with Gasteiger partial charge in [0.25, 0.3) is 0 Å². The number of benzene rings is 1. The summed E-state index contributed by atoms with van der Waals surface area (Å²) in [5, 5.41) is 9.50. The van der Waals surface area contributed by atoms with Gasteiger partial charge in [0, 0.05) is 0 Å². The molecule has 1 aromatic carbocycles. The van der Waals surface area contributed by atoms with Gasteiger partial charge in [0.1, 0.15) is 5.82 Å². The van der Waals surface area contributed by atoms with E-state index >= 15 is 0 Å². The molecule has 0 heterocycles. The van der Waals surface area contributed by atoms with E-state index in [2.05, 4.69) is 0 Å². The van der Waals surface area contributed by atoms with Gasteiger partial charge in [0.05, 0.1) is 11.2 Å². The molecule has 0 bridgehead atoms. The average molecular weight is 222 g/mol. The van der Waals surface area contributed by atoms with E-state index in [1.165, 1.54) is 13.8 Å². The van der Waals surface area contributed by atoms with Crippen molar-refractivity contribution in [1.29, 1.82) is 0 Å². The Morgan fingerprint density at radius 3 is 2.00 bits per heavy atom. The Balaban J connectivity index is 3.41. The molecule has 1 aromatic rings. The maximum absolute atomic E-state index is 12.7. The zero-order chi connectivity index (χ0) is 11.9. The molecule has 0 radical (unpaired) electrons. The van der Waals surface area contributed by atoms with Crippen LogP contribution in [0.1, 0.15) is 25.0 Å². The molecule has 1 rings (SSSR count). The number of halogens is 4. The van der Waals surface area contributed by atoms with Crippen LogP contribution in [0.3, 0.4) is 0 Å². The maximum Gasteiger partial charge on any atom is 0.416 e. The highest BCUT2D eigenvalue weighted by Crippen LogP contribution is 2.36. The van der Waals surface area contributed by atoms with Crippen molar-refractivity contribution >= 4 is 0 Å². The fraction of sp³-hybridized carbons (Fsp3) is 0.400. The Bertz CT molecular complexity index is 363. The van der Waals surface area contributed by atoms with Gasteiger partial charge in [-0.25, -0.2) is 4.39 Å². The van der Waals surface area contributed by atoms with Gasteiger partial charge in [-0.15, -0.1) is 0 Å². The van der Waals surface area contributed by atoms with Crippen LogP contribution in [0.2, 0.25) is 0 Å². The van der Waals surface area contributed by atoms with Crippen LogP contribution in [0.15, 0.2) is 18.2 Å². The topological polar surface area (TPSA) is 20.2 Å². The Hall–Kier alpha value is -1.10. The van der Waals surface area contributed by atoms with Crippen molar-refractivity contribution in [3.63, 3.8) is 0 Å². The summed E-state index contributed by atoms with van der Waals surface area (Å²) in [5.74, 6) is -0.977. The Morgan fingerprint density at radius 2 is 1.60 bits per heavy atom. The molecule has 1 nitrogen and oxygen atoms in total. The lowest BCUT2D eigenvalue weighted by atomic mass is 9.93. The van der Waals surface area contributed by atoms with Crippen LogP contribution in [-0.4, -0.2) is 5.11 Å². The second kappa shape index (κ2) is 3.48. The van der Waals surface area contributed by atoms with Crippen LogP contribution in [0.4, 0.5) is 17.6 Å². The smallest absolute Gasteiger partial charge is 0.386 e. The third-order valence-corrected chi connectivity index (χ3v) is 1.95. The summed E-state index contributed by atoms with van der Waals surface area (Å²) < 4.78 is 50.1. The molecule has 0 amide bonds. The van der Waals surface area contributed by atoms with Crippen molar-refractivity contribution in [2.75, 3.05) is 0 Å². The number of rotatable bonds is 1. The molecule has 15 heavy (non-hydrogen) atoms.